The van der Waals surface area contributed by atoms with Crippen LogP contribution in [0.15, 0.2) is 54.1 Å². The minimum absolute atomic E-state index is 0.138. The van der Waals surface area contributed by atoms with Crippen LogP contribution < -0.4 is 5.32 Å². The molecule has 4 nitrogen and oxygen atoms in total. The van der Waals surface area contributed by atoms with Crippen molar-refractivity contribution in [2.75, 3.05) is 12.4 Å². The molecule has 6 atom stereocenters. The number of nitrogens with one attached hydrogen (secondary N) is 1. The van der Waals surface area contributed by atoms with Crippen LogP contribution in [0.4, 0.5) is 5.69 Å². The van der Waals surface area contributed by atoms with E-state index in [0.29, 0.717) is 22.8 Å². The van der Waals surface area contributed by atoms with Gasteiger partial charge in [0.25, 0.3) is 11.8 Å². The van der Waals surface area contributed by atoms with Crippen LogP contribution in [0.5, 0.6) is 0 Å². The van der Waals surface area contributed by atoms with Gasteiger partial charge in [-0.2, -0.15) is 0 Å². The zero-order chi connectivity index (χ0) is 23.7. The minimum Gasteiger partial charge on any atom is -0.338 e. The molecule has 0 spiro atoms. The van der Waals surface area contributed by atoms with Crippen LogP contribution in [0.1, 0.15) is 58.8 Å². The van der Waals surface area contributed by atoms with E-state index in [0.717, 1.165) is 28.8 Å². The Kier molecular flexibility index (Phi) is 4.95. The number of nitrogens with zero attached hydrogens (tertiary/aromatic N) is 1. The van der Waals surface area contributed by atoms with Gasteiger partial charge < -0.3 is 10.2 Å². The molecule has 0 saturated heterocycles. The first kappa shape index (κ1) is 21.9. The number of likely N-dealkylation sites (N-methyl/N-ethyl adjacent to an activating group) is 1. The van der Waals surface area contributed by atoms with Gasteiger partial charge in [0.15, 0.2) is 0 Å². The molecular formula is C30H36N2O2. The van der Waals surface area contributed by atoms with E-state index in [-0.39, 0.29) is 23.3 Å². The van der Waals surface area contributed by atoms with Crippen molar-refractivity contribution >= 4 is 28.3 Å². The van der Waals surface area contributed by atoms with Gasteiger partial charge in [-0.25, -0.2) is 0 Å². The molecule has 4 heteroatoms. The van der Waals surface area contributed by atoms with E-state index in [1.54, 1.807) is 0 Å². The molecule has 0 bridgehead atoms. The summed E-state index contributed by atoms with van der Waals surface area (Å²) in [4.78, 5) is 28.7. The largest absolute Gasteiger partial charge is 0.338 e. The Hall–Kier alpha value is -2.62. The Morgan fingerprint density at radius 1 is 0.971 bits per heavy atom. The van der Waals surface area contributed by atoms with E-state index in [4.69, 9.17) is 0 Å². The van der Waals surface area contributed by atoms with Crippen molar-refractivity contribution in [3.05, 3.63) is 54.1 Å². The fraction of sp³-hybridized carbons (Fsp3) is 0.533. The van der Waals surface area contributed by atoms with Crippen molar-refractivity contribution in [2.45, 2.75) is 64.8 Å². The predicted octanol–water partition coefficient (Wildman–Crippen LogP) is 6.18. The first-order valence-corrected chi connectivity index (χ1v) is 13.1. The molecule has 3 saturated carbocycles. The van der Waals surface area contributed by atoms with Gasteiger partial charge in [-0.05, 0) is 84.6 Å². The van der Waals surface area contributed by atoms with Gasteiger partial charge in [-0.3, -0.25) is 9.59 Å². The molecule has 178 valence electrons. The second kappa shape index (κ2) is 7.69. The first-order chi connectivity index (χ1) is 16.3. The van der Waals surface area contributed by atoms with E-state index in [2.05, 4.69) is 31.3 Å². The lowest BCUT2D eigenvalue weighted by Gasteiger charge is -2.60. The number of amides is 2. The minimum atomic E-state index is -0.282. The van der Waals surface area contributed by atoms with Crippen LogP contribution in [0, 0.1) is 28.6 Å². The number of rotatable bonds is 2. The number of carbonyl (C=O) groups is 2. The molecule has 1 N–H and O–H groups in total. The molecule has 4 aliphatic rings. The number of carbonyl (C=O) groups excluding carboxylic acids is 2. The summed E-state index contributed by atoms with van der Waals surface area (Å²) in [6, 6.07) is 14.2. The van der Waals surface area contributed by atoms with Crippen molar-refractivity contribution in [1.82, 2.24) is 4.90 Å². The molecular weight excluding hydrogens is 420 g/mol. The highest BCUT2D eigenvalue weighted by molar-refractivity contribution is 6.23. The average Bonchev–Trinajstić information content (AvgIpc) is 3.23. The quantitative estimate of drug-likeness (QED) is 0.549. The maximum atomic E-state index is 13.4. The Labute approximate surface area is 202 Å². The van der Waals surface area contributed by atoms with Crippen molar-refractivity contribution in [3.8, 4) is 0 Å². The third kappa shape index (κ3) is 3.17. The van der Waals surface area contributed by atoms with Crippen molar-refractivity contribution in [1.29, 1.82) is 0 Å². The number of anilines is 1. The van der Waals surface area contributed by atoms with Gasteiger partial charge in [0.05, 0.1) is 0 Å². The van der Waals surface area contributed by atoms with Gasteiger partial charge in [-0.1, -0.05) is 56.7 Å². The van der Waals surface area contributed by atoms with Gasteiger partial charge in [0.1, 0.15) is 5.57 Å². The van der Waals surface area contributed by atoms with E-state index in [9.17, 15) is 9.59 Å². The normalized spacial score (nSPS) is 37.0. The summed E-state index contributed by atoms with van der Waals surface area (Å²) in [7, 11) is 1.91. The molecule has 1 unspecified atom stereocenters. The monoisotopic (exact) mass is 456 g/mol. The van der Waals surface area contributed by atoms with Crippen LogP contribution in [0.3, 0.4) is 0 Å². The zero-order valence-corrected chi connectivity index (χ0v) is 20.6. The fourth-order valence-corrected chi connectivity index (χ4v) is 8.51. The molecule has 0 aromatic heterocycles. The lowest BCUT2D eigenvalue weighted by molar-refractivity contribution is -0.141. The Morgan fingerprint density at radius 2 is 1.76 bits per heavy atom. The van der Waals surface area contributed by atoms with Crippen LogP contribution in [0.25, 0.3) is 10.8 Å². The molecule has 3 fully saturated rings. The summed E-state index contributed by atoms with van der Waals surface area (Å²) in [5, 5.41) is 5.23. The average molecular weight is 457 g/mol. The summed E-state index contributed by atoms with van der Waals surface area (Å²) in [6.07, 6.45) is 10.9. The molecule has 0 radical (unpaired) electrons. The summed E-state index contributed by atoms with van der Waals surface area (Å²) < 4.78 is 0. The van der Waals surface area contributed by atoms with Crippen LogP contribution >= 0.6 is 0 Å². The van der Waals surface area contributed by atoms with Gasteiger partial charge in [0, 0.05) is 24.2 Å². The van der Waals surface area contributed by atoms with E-state index in [1.165, 1.54) is 38.5 Å². The maximum Gasteiger partial charge on any atom is 0.260 e. The summed E-state index contributed by atoms with van der Waals surface area (Å²) in [5.41, 5.74) is 1.40. The predicted molar refractivity (Wildman–Crippen MR) is 136 cm³/mol. The molecule has 1 heterocycles. The van der Waals surface area contributed by atoms with Crippen LogP contribution in [-0.2, 0) is 9.59 Å². The van der Waals surface area contributed by atoms with Gasteiger partial charge in [-0.15, -0.1) is 0 Å². The van der Waals surface area contributed by atoms with Crippen molar-refractivity contribution in [2.24, 2.45) is 28.6 Å². The molecule has 2 aromatic carbocycles. The summed E-state index contributed by atoms with van der Waals surface area (Å²) in [6.45, 7) is 4.85. The third-order valence-electron chi connectivity index (χ3n) is 10.2. The van der Waals surface area contributed by atoms with E-state index in [1.807, 2.05) is 48.3 Å². The topological polar surface area (TPSA) is 49.4 Å². The molecule has 1 aliphatic heterocycles. The third-order valence-corrected chi connectivity index (χ3v) is 10.2. The highest BCUT2D eigenvalue weighted by Gasteiger charge is 2.59. The van der Waals surface area contributed by atoms with Gasteiger partial charge in [0.2, 0.25) is 0 Å². The standard InChI is InChI=1S/C30H36N2O2/c1-29-15-6-9-24(29)22-12-13-26-30(2,25(22)14-16-29)18-23(28(34)32(26)3)27(33)31-21-11-10-19-7-4-5-8-20(19)17-21/h4-5,7-8,10-11,17-18,22,24-26H,6,9,12-16H2,1-3H3,(H,31,33)/t22-,24-,25+,26?,29-,30+/m0/s1. The number of benzene rings is 2. The molecule has 2 amide bonds. The number of hydrogen-bond acceptors (Lipinski definition) is 2. The molecule has 34 heavy (non-hydrogen) atoms. The first-order valence-electron chi connectivity index (χ1n) is 13.1. The van der Waals surface area contributed by atoms with Crippen LogP contribution in [0.2, 0.25) is 0 Å². The maximum absolute atomic E-state index is 13.4. The highest BCUT2D eigenvalue weighted by Crippen LogP contribution is 2.64. The highest BCUT2D eigenvalue weighted by atomic mass is 16.2. The lowest BCUT2D eigenvalue weighted by Crippen LogP contribution is -2.60. The second-order valence-electron chi connectivity index (χ2n) is 11.9. The van der Waals surface area contributed by atoms with Crippen LogP contribution in [-0.4, -0.2) is 29.8 Å². The zero-order valence-electron chi connectivity index (χ0n) is 20.6. The Morgan fingerprint density at radius 3 is 2.59 bits per heavy atom. The van der Waals surface area contributed by atoms with Gasteiger partial charge >= 0.3 is 0 Å². The lowest BCUT2D eigenvalue weighted by atomic mass is 9.48. The summed E-state index contributed by atoms with van der Waals surface area (Å²) in [5.74, 6) is 1.64. The van der Waals surface area contributed by atoms with E-state index >= 15 is 0 Å². The summed E-state index contributed by atoms with van der Waals surface area (Å²) >= 11 is 0. The fourth-order valence-electron chi connectivity index (χ4n) is 8.51. The number of fused-ring (bicyclic) bond motifs is 6. The van der Waals surface area contributed by atoms with E-state index < -0.39 is 0 Å². The molecule has 2 aromatic rings. The second-order valence-corrected chi connectivity index (χ2v) is 11.9. The Bertz CT molecular complexity index is 1200. The molecule has 3 aliphatic carbocycles. The van der Waals surface area contributed by atoms with Crippen molar-refractivity contribution in [3.63, 3.8) is 0 Å². The Balaban J connectivity index is 1.32. The smallest absolute Gasteiger partial charge is 0.260 e. The van der Waals surface area contributed by atoms with Crippen molar-refractivity contribution < 1.29 is 9.59 Å². The SMILES string of the molecule is CN1C(=O)C(C(=O)Nc2ccc3ccccc3c2)=C[C@@]2(C)C1CC[C@@H]1[C@H]2CC[C@]2(C)CCC[C@@H]12. The number of hydrogen-bond donors (Lipinski definition) is 1. The molecule has 6 rings (SSSR count).